The summed E-state index contributed by atoms with van der Waals surface area (Å²) in [5, 5.41) is 13.6. The Kier molecular flexibility index (Phi) is 5.60. The summed E-state index contributed by atoms with van der Waals surface area (Å²) in [4.78, 5) is 27.7. The van der Waals surface area contributed by atoms with Crippen LogP contribution in [-0.4, -0.2) is 16.8 Å². The summed E-state index contributed by atoms with van der Waals surface area (Å²) < 4.78 is 13.7. The highest BCUT2D eigenvalue weighted by molar-refractivity contribution is 6.52. The number of carbonyl (C=O) groups excluding carboxylic acids is 2. The molecule has 1 heterocycles. The van der Waals surface area contributed by atoms with Gasteiger partial charge in [-0.15, -0.1) is 0 Å². The number of Topliss-reactive ketones (excluding diaryl/α,β-unsaturated/α-hetero) is 1. The number of anilines is 1. The van der Waals surface area contributed by atoms with Crippen molar-refractivity contribution in [3.05, 3.63) is 117 Å². The summed E-state index contributed by atoms with van der Waals surface area (Å²) in [6.07, 6.45) is 0. The molecule has 1 saturated heterocycles. The second-order valence-electron chi connectivity index (χ2n) is 7.88. The highest BCUT2D eigenvalue weighted by Crippen LogP contribution is 2.43. The molecule has 7 heteroatoms. The molecule has 0 spiro atoms. The van der Waals surface area contributed by atoms with E-state index in [1.165, 1.54) is 41.3 Å². The molecule has 1 N–H and O–H groups in total. The number of benzene rings is 4. The van der Waals surface area contributed by atoms with Crippen LogP contribution in [0.15, 0.2) is 90.5 Å². The van der Waals surface area contributed by atoms with Crippen LogP contribution in [0.3, 0.4) is 0 Å². The second kappa shape index (κ2) is 8.60. The quantitative estimate of drug-likeness (QED) is 0.192. The monoisotopic (exact) mass is 491 g/mol. The fourth-order valence-electron chi connectivity index (χ4n) is 4.19. The van der Waals surface area contributed by atoms with Crippen molar-refractivity contribution in [1.29, 1.82) is 0 Å². The maximum atomic E-state index is 13.7. The lowest BCUT2D eigenvalue weighted by molar-refractivity contribution is -0.132. The van der Waals surface area contributed by atoms with Crippen molar-refractivity contribution in [2.75, 3.05) is 4.90 Å². The maximum Gasteiger partial charge on any atom is 0.300 e. The molecule has 4 aromatic rings. The molecule has 0 saturated carbocycles. The van der Waals surface area contributed by atoms with Crippen molar-refractivity contribution in [3.63, 3.8) is 0 Å². The van der Waals surface area contributed by atoms with Gasteiger partial charge in [-0.25, -0.2) is 4.39 Å². The second-order valence-corrected chi connectivity index (χ2v) is 8.70. The number of nitrogens with zero attached hydrogens (tertiary/aromatic N) is 1. The number of rotatable bonds is 3. The molecule has 1 unspecified atom stereocenters. The van der Waals surface area contributed by atoms with Crippen LogP contribution in [0.25, 0.3) is 16.5 Å². The van der Waals surface area contributed by atoms with Gasteiger partial charge >= 0.3 is 0 Å². The average molecular weight is 492 g/mol. The summed E-state index contributed by atoms with van der Waals surface area (Å²) >= 11 is 12.2. The van der Waals surface area contributed by atoms with Crippen LogP contribution in [0, 0.1) is 5.82 Å². The Bertz CT molecular complexity index is 1500. The summed E-state index contributed by atoms with van der Waals surface area (Å²) in [5.74, 6) is -2.48. The van der Waals surface area contributed by atoms with E-state index in [-0.39, 0.29) is 21.4 Å². The van der Waals surface area contributed by atoms with Gasteiger partial charge in [0.15, 0.2) is 0 Å². The van der Waals surface area contributed by atoms with Crippen LogP contribution in [0.2, 0.25) is 10.0 Å². The third-order valence-corrected chi connectivity index (χ3v) is 6.57. The molecule has 1 amide bonds. The van der Waals surface area contributed by atoms with Crippen molar-refractivity contribution < 1.29 is 19.1 Å². The molecular formula is C27H16Cl2FNO3. The Labute approximate surface area is 204 Å². The van der Waals surface area contributed by atoms with E-state index in [4.69, 9.17) is 23.2 Å². The number of carbonyl (C=O) groups is 2. The molecule has 1 fully saturated rings. The zero-order chi connectivity index (χ0) is 24.0. The van der Waals surface area contributed by atoms with Gasteiger partial charge in [0, 0.05) is 11.3 Å². The first kappa shape index (κ1) is 22.1. The zero-order valence-corrected chi connectivity index (χ0v) is 19.0. The molecule has 1 aliphatic rings. The van der Waals surface area contributed by atoms with E-state index in [0.717, 1.165) is 10.8 Å². The number of ketones is 1. The Balaban J connectivity index is 1.73. The van der Waals surface area contributed by atoms with Gasteiger partial charge in [0.1, 0.15) is 11.6 Å². The molecule has 4 nitrogen and oxygen atoms in total. The van der Waals surface area contributed by atoms with Crippen LogP contribution in [0.5, 0.6) is 0 Å². The number of halogens is 3. The van der Waals surface area contributed by atoms with Crippen LogP contribution in [0.4, 0.5) is 10.1 Å². The van der Waals surface area contributed by atoms with E-state index >= 15 is 0 Å². The molecule has 1 atom stereocenters. The van der Waals surface area contributed by atoms with Gasteiger partial charge in [-0.2, -0.15) is 0 Å². The number of aliphatic hydroxyl groups excluding tert-OH is 1. The third kappa shape index (κ3) is 3.73. The van der Waals surface area contributed by atoms with Gasteiger partial charge in [0.05, 0.1) is 21.7 Å². The van der Waals surface area contributed by atoms with Gasteiger partial charge in [0.25, 0.3) is 11.7 Å². The van der Waals surface area contributed by atoms with Crippen LogP contribution in [0.1, 0.15) is 17.2 Å². The minimum absolute atomic E-state index is 0.0991. The van der Waals surface area contributed by atoms with Gasteiger partial charge in [-0.3, -0.25) is 14.5 Å². The van der Waals surface area contributed by atoms with E-state index in [9.17, 15) is 19.1 Å². The maximum absolute atomic E-state index is 13.7. The fourth-order valence-corrected chi connectivity index (χ4v) is 4.48. The molecule has 5 rings (SSSR count). The Morgan fingerprint density at radius 3 is 2.24 bits per heavy atom. The molecule has 0 aliphatic carbocycles. The van der Waals surface area contributed by atoms with Crippen molar-refractivity contribution in [3.8, 4) is 0 Å². The van der Waals surface area contributed by atoms with Crippen molar-refractivity contribution in [2.45, 2.75) is 6.04 Å². The summed E-state index contributed by atoms with van der Waals surface area (Å²) in [5.41, 5.74) is 1.06. The highest BCUT2D eigenvalue weighted by Gasteiger charge is 2.47. The molecule has 0 bridgehead atoms. The number of amides is 1. The molecular weight excluding hydrogens is 476 g/mol. The third-order valence-electron chi connectivity index (χ3n) is 5.83. The summed E-state index contributed by atoms with van der Waals surface area (Å²) in [6.45, 7) is 0. The zero-order valence-electron chi connectivity index (χ0n) is 17.5. The van der Waals surface area contributed by atoms with Crippen LogP contribution in [-0.2, 0) is 9.59 Å². The molecule has 1 aliphatic heterocycles. The fraction of sp³-hybridized carbons (Fsp3) is 0.0370. The van der Waals surface area contributed by atoms with E-state index in [2.05, 4.69) is 0 Å². The Hall–Kier alpha value is -3.67. The van der Waals surface area contributed by atoms with Crippen molar-refractivity contribution in [1.82, 2.24) is 0 Å². The predicted octanol–water partition coefficient (Wildman–Crippen LogP) is 6.91. The highest BCUT2D eigenvalue weighted by atomic mass is 35.5. The summed E-state index contributed by atoms with van der Waals surface area (Å²) in [6, 6.07) is 21.8. The van der Waals surface area contributed by atoms with Crippen molar-refractivity contribution >= 4 is 57.1 Å². The minimum Gasteiger partial charge on any atom is -0.507 e. The van der Waals surface area contributed by atoms with Crippen LogP contribution >= 0.6 is 23.2 Å². The Morgan fingerprint density at radius 1 is 0.824 bits per heavy atom. The van der Waals surface area contributed by atoms with Gasteiger partial charge in [0.2, 0.25) is 0 Å². The molecule has 4 aromatic carbocycles. The van der Waals surface area contributed by atoms with Gasteiger partial charge in [-0.05, 0) is 52.7 Å². The minimum atomic E-state index is -0.996. The lowest BCUT2D eigenvalue weighted by atomic mass is 9.94. The molecule has 34 heavy (non-hydrogen) atoms. The average Bonchev–Trinajstić information content (AvgIpc) is 3.11. The first-order chi connectivity index (χ1) is 16.3. The van der Waals surface area contributed by atoms with E-state index < -0.39 is 23.5 Å². The van der Waals surface area contributed by atoms with Gasteiger partial charge < -0.3 is 5.11 Å². The standard InChI is InChI=1S/C27H16Cl2FNO3/c28-21-12-11-20(14-22(21)29)31-24(16-7-9-19(30)10-8-16)23(26(33)27(31)34)25(32)18-6-5-15-3-1-2-4-17(15)13-18/h1-14,24,32H/b25-23-. The lowest BCUT2D eigenvalue weighted by Gasteiger charge is -2.25. The van der Waals surface area contributed by atoms with E-state index in [1.807, 2.05) is 30.3 Å². The normalized spacial score (nSPS) is 17.5. The molecule has 0 radical (unpaired) electrons. The lowest BCUT2D eigenvalue weighted by Crippen LogP contribution is -2.29. The van der Waals surface area contributed by atoms with Crippen LogP contribution < -0.4 is 4.90 Å². The smallest absolute Gasteiger partial charge is 0.300 e. The first-order valence-electron chi connectivity index (χ1n) is 10.4. The first-order valence-corrected chi connectivity index (χ1v) is 11.1. The molecule has 168 valence electrons. The largest absolute Gasteiger partial charge is 0.507 e. The topological polar surface area (TPSA) is 57.6 Å². The van der Waals surface area contributed by atoms with Crippen molar-refractivity contribution in [2.24, 2.45) is 0 Å². The SMILES string of the molecule is O=C1C(=O)N(c2ccc(Cl)c(Cl)c2)C(c2ccc(F)cc2)/C1=C(/O)c1ccc2ccccc2c1. The van der Waals surface area contributed by atoms with Gasteiger partial charge in [-0.1, -0.05) is 71.7 Å². The van der Waals surface area contributed by atoms with E-state index in [0.29, 0.717) is 16.8 Å². The van der Waals surface area contributed by atoms with E-state index in [1.54, 1.807) is 18.2 Å². The Morgan fingerprint density at radius 2 is 1.53 bits per heavy atom. The number of hydrogen-bond donors (Lipinski definition) is 1. The summed E-state index contributed by atoms with van der Waals surface area (Å²) in [7, 11) is 0. The number of hydrogen-bond acceptors (Lipinski definition) is 3. The molecule has 0 aromatic heterocycles. The number of fused-ring (bicyclic) bond motifs is 1. The predicted molar refractivity (Wildman–Crippen MR) is 132 cm³/mol. The number of aliphatic hydroxyl groups is 1.